The standard InChI is InChI=1S/C13H15NO3/c1-8-4-5-11-10(6-12(15)14-16-3)7-17-13(11)9(8)2/h4-5,7H,6H2,1-3H3,(H,14,15). The molecule has 0 aliphatic carbocycles. The molecule has 0 unspecified atom stereocenters. The van der Waals surface area contributed by atoms with Crippen LogP contribution in [0.15, 0.2) is 22.8 Å². The minimum absolute atomic E-state index is 0.187. The van der Waals surface area contributed by atoms with Crippen molar-refractivity contribution < 1.29 is 14.0 Å². The third-order valence-electron chi connectivity index (χ3n) is 2.91. The third-order valence-corrected chi connectivity index (χ3v) is 2.91. The fourth-order valence-electron chi connectivity index (χ4n) is 1.85. The minimum Gasteiger partial charge on any atom is -0.464 e. The van der Waals surface area contributed by atoms with Crippen LogP contribution in [0.5, 0.6) is 0 Å². The lowest BCUT2D eigenvalue weighted by Gasteiger charge is -2.02. The summed E-state index contributed by atoms with van der Waals surface area (Å²) in [6.07, 6.45) is 1.88. The average Bonchev–Trinajstić information content (AvgIpc) is 2.68. The number of furan rings is 1. The lowest BCUT2D eigenvalue weighted by Crippen LogP contribution is -2.23. The first-order valence-corrected chi connectivity index (χ1v) is 5.41. The van der Waals surface area contributed by atoms with Crippen molar-refractivity contribution in [2.75, 3.05) is 7.11 Å². The minimum atomic E-state index is -0.187. The average molecular weight is 233 g/mol. The summed E-state index contributed by atoms with van der Waals surface area (Å²) in [5, 5.41) is 0.986. The number of hydrogen-bond acceptors (Lipinski definition) is 3. The molecule has 1 heterocycles. The van der Waals surface area contributed by atoms with Crippen LogP contribution in [-0.4, -0.2) is 13.0 Å². The summed E-state index contributed by atoms with van der Waals surface area (Å²) in [4.78, 5) is 16.0. The molecule has 0 saturated carbocycles. The van der Waals surface area contributed by atoms with E-state index in [0.29, 0.717) is 0 Å². The molecule has 0 atom stereocenters. The fraction of sp³-hybridized carbons (Fsp3) is 0.308. The fourth-order valence-corrected chi connectivity index (χ4v) is 1.85. The van der Waals surface area contributed by atoms with Crippen LogP contribution < -0.4 is 5.48 Å². The van der Waals surface area contributed by atoms with E-state index in [1.807, 2.05) is 26.0 Å². The number of hydrogen-bond donors (Lipinski definition) is 1. The van der Waals surface area contributed by atoms with Crippen LogP contribution in [0.1, 0.15) is 16.7 Å². The topological polar surface area (TPSA) is 51.5 Å². The highest BCUT2D eigenvalue weighted by molar-refractivity contribution is 5.89. The van der Waals surface area contributed by atoms with Crippen LogP contribution in [0.3, 0.4) is 0 Å². The molecule has 0 saturated heterocycles. The van der Waals surface area contributed by atoms with Crippen molar-refractivity contribution in [2.45, 2.75) is 20.3 Å². The Bertz CT molecular complexity index is 557. The van der Waals surface area contributed by atoms with Crippen molar-refractivity contribution in [1.82, 2.24) is 5.48 Å². The Morgan fingerprint density at radius 3 is 2.88 bits per heavy atom. The maximum absolute atomic E-state index is 11.4. The molecular weight excluding hydrogens is 218 g/mol. The number of benzene rings is 1. The Kier molecular flexibility index (Phi) is 3.15. The highest BCUT2D eigenvalue weighted by Gasteiger charge is 2.12. The van der Waals surface area contributed by atoms with Gasteiger partial charge in [-0.2, -0.15) is 0 Å². The number of aryl methyl sites for hydroxylation is 2. The van der Waals surface area contributed by atoms with Gasteiger partial charge in [-0.1, -0.05) is 12.1 Å². The van der Waals surface area contributed by atoms with E-state index in [0.717, 1.165) is 22.1 Å². The Morgan fingerprint density at radius 2 is 2.18 bits per heavy atom. The molecule has 4 heteroatoms. The van der Waals surface area contributed by atoms with Crippen LogP contribution >= 0.6 is 0 Å². The van der Waals surface area contributed by atoms with E-state index < -0.39 is 0 Å². The molecule has 2 aromatic rings. The monoisotopic (exact) mass is 233 g/mol. The van der Waals surface area contributed by atoms with E-state index in [9.17, 15) is 4.79 Å². The zero-order chi connectivity index (χ0) is 12.4. The Morgan fingerprint density at radius 1 is 1.41 bits per heavy atom. The number of carbonyl (C=O) groups excluding carboxylic acids is 1. The van der Waals surface area contributed by atoms with Crippen LogP contribution in [0.2, 0.25) is 0 Å². The van der Waals surface area contributed by atoms with Crippen molar-refractivity contribution in [3.8, 4) is 0 Å². The van der Waals surface area contributed by atoms with Gasteiger partial charge in [0.25, 0.3) is 0 Å². The highest BCUT2D eigenvalue weighted by Crippen LogP contribution is 2.26. The smallest absolute Gasteiger partial charge is 0.248 e. The maximum atomic E-state index is 11.4. The molecule has 0 aliphatic rings. The molecule has 1 N–H and O–H groups in total. The first-order valence-electron chi connectivity index (χ1n) is 5.41. The Balaban J connectivity index is 2.37. The van der Waals surface area contributed by atoms with Crippen LogP contribution in [0.4, 0.5) is 0 Å². The normalized spacial score (nSPS) is 10.8. The molecule has 0 aliphatic heterocycles. The molecular formula is C13H15NO3. The Labute approximate surface area is 99.5 Å². The van der Waals surface area contributed by atoms with E-state index in [2.05, 4.69) is 10.3 Å². The first kappa shape index (κ1) is 11.7. The summed E-state index contributed by atoms with van der Waals surface area (Å²) in [5.74, 6) is -0.187. The zero-order valence-corrected chi connectivity index (χ0v) is 10.2. The largest absolute Gasteiger partial charge is 0.464 e. The molecule has 0 radical (unpaired) electrons. The van der Waals surface area contributed by atoms with Gasteiger partial charge in [0.05, 0.1) is 19.8 Å². The molecule has 0 spiro atoms. The summed E-state index contributed by atoms with van der Waals surface area (Å²) >= 11 is 0. The van der Waals surface area contributed by atoms with E-state index in [1.165, 1.54) is 12.7 Å². The number of hydroxylamine groups is 1. The predicted molar refractivity (Wildman–Crippen MR) is 64.5 cm³/mol. The summed E-state index contributed by atoms with van der Waals surface area (Å²) < 4.78 is 5.52. The molecule has 1 aromatic carbocycles. The quantitative estimate of drug-likeness (QED) is 0.827. The van der Waals surface area contributed by atoms with Gasteiger partial charge in [0.1, 0.15) is 5.58 Å². The van der Waals surface area contributed by atoms with Crippen molar-refractivity contribution in [1.29, 1.82) is 0 Å². The van der Waals surface area contributed by atoms with Crippen molar-refractivity contribution in [3.05, 3.63) is 35.1 Å². The summed E-state index contributed by atoms with van der Waals surface area (Å²) in [6.45, 7) is 4.05. The van der Waals surface area contributed by atoms with Gasteiger partial charge in [-0.15, -0.1) is 0 Å². The lowest BCUT2D eigenvalue weighted by molar-refractivity contribution is -0.130. The second kappa shape index (κ2) is 4.59. The van der Waals surface area contributed by atoms with Gasteiger partial charge in [-0.05, 0) is 25.0 Å². The molecule has 17 heavy (non-hydrogen) atoms. The third kappa shape index (κ3) is 2.17. The molecule has 4 nitrogen and oxygen atoms in total. The highest BCUT2D eigenvalue weighted by atomic mass is 16.6. The second-order valence-electron chi connectivity index (χ2n) is 4.05. The first-order chi connectivity index (χ1) is 8.13. The number of rotatable bonds is 3. The van der Waals surface area contributed by atoms with Gasteiger partial charge in [0.15, 0.2) is 0 Å². The molecule has 0 bridgehead atoms. The van der Waals surface area contributed by atoms with Gasteiger partial charge in [-0.3, -0.25) is 9.63 Å². The maximum Gasteiger partial charge on any atom is 0.248 e. The number of nitrogens with one attached hydrogen (secondary N) is 1. The van der Waals surface area contributed by atoms with E-state index >= 15 is 0 Å². The van der Waals surface area contributed by atoms with Gasteiger partial charge >= 0.3 is 0 Å². The zero-order valence-electron chi connectivity index (χ0n) is 10.2. The number of fused-ring (bicyclic) bond motifs is 1. The van der Waals surface area contributed by atoms with Crippen molar-refractivity contribution in [2.24, 2.45) is 0 Å². The van der Waals surface area contributed by atoms with Gasteiger partial charge in [-0.25, -0.2) is 5.48 Å². The Hall–Kier alpha value is -1.81. The van der Waals surface area contributed by atoms with Gasteiger partial charge in [0, 0.05) is 10.9 Å². The van der Waals surface area contributed by atoms with Crippen LogP contribution in [0, 0.1) is 13.8 Å². The summed E-state index contributed by atoms with van der Waals surface area (Å²) in [5.41, 5.74) is 6.31. The summed E-state index contributed by atoms with van der Waals surface area (Å²) in [7, 11) is 1.42. The SMILES string of the molecule is CONC(=O)Cc1coc2c(C)c(C)ccc12. The van der Waals surface area contributed by atoms with E-state index in [-0.39, 0.29) is 12.3 Å². The predicted octanol–water partition coefficient (Wildman–Crippen LogP) is 2.27. The second-order valence-corrected chi connectivity index (χ2v) is 4.05. The van der Waals surface area contributed by atoms with Gasteiger partial charge < -0.3 is 4.42 Å². The lowest BCUT2D eigenvalue weighted by atomic mass is 10.0. The molecule has 0 fully saturated rings. The van der Waals surface area contributed by atoms with E-state index in [4.69, 9.17) is 4.42 Å². The van der Waals surface area contributed by atoms with Crippen molar-refractivity contribution in [3.63, 3.8) is 0 Å². The van der Waals surface area contributed by atoms with Crippen LogP contribution in [-0.2, 0) is 16.1 Å². The molecule has 2 rings (SSSR count). The van der Waals surface area contributed by atoms with Gasteiger partial charge in [0.2, 0.25) is 5.91 Å². The van der Waals surface area contributed by atoms with Crippen LogP contribution in [0.25, 0.3) is 11.0 Å². The van der Waals surface area contributed by atoms with E-state index in [1.54, 1.807) is 6.26 Å². The number of amides is 1. The molecule has 1 aromatic heterocycles. The molecule has 1 amide bonds. The molecule has 90 valence electrons. The summed E-state index contributed by atoms with van der Waals surface area (Å²) in [6, 6.07) is 4.02. The number of carbonyl (C=O) groups is 1. The van der Waals surface area contributed by atoms with Crippen molar-refractivity contribution >= 4 is 16.9 Å².